The Hall–Kier alpha value is -3.67. The Morgan fingerprint density at radius 2 is 1.85 bits per heavy atom. The van der Waals surface area contributed by atoms with E-state index in [1.54, 1.807) is 24.7 Å². The zero-order valence-corrected chi connectivity index (χ0v) is 14.0. The van der Waals surface area contributed by atoms with E-state index in [9.17, 15) is 4.79 Å². The van der Waals surface area contributed by atoms with Crippen molar-refractivity contribution in [1.82, 2.24) is 19.9 Å². The summed E-state index contributed by atoms with van der Waals surface area (Å²) in [5.74, 6) is 1.37. The minimum absolute atomic E-state index is 0.412. The quantitative estimate of drug-likeness (QED) is 0.571. The van der Waals surface area contributed by atoms with Crippen molar-refractivity contribution in [3.8, 4) is 22.5 Å². The molecule has 1 aromatic carbocycles. The lowest BCUT2D eigenvalue weighted by atomic mass is 10.0. The SMILES string of the molecule is CNc1nc(-c2cccnc2)nc2ccc(-c3ccc(C=O)nc3)cc12. The maximum atomic E-state index is 10.8. The molecule has 0 fully saturated rings. The fourth-order valence-electron chi connectivity index (χ4n) is 2.77. The highest BCUT2D eigenvalue weighted by Gasteiger charge is 2.10. The molecular formula is C20H15N5O. The third-order valence-electron chi connectivity index (χ3n) is 4.09. The Bertz CT molecular complexity index is 1080. The predicted molar refractivity (Wildman–Crippen MR) is 101 cm³/mol. The summed E-state index contributed by atoms with van der Waals surface area (Å²) in [5.41, 5.74) is 4.02. The highest BCUT2D eigenvalue weighted by Crippen LogP contribution is 2.29. The highest BCUT2D eigenvalue weighted by atomic mass is 16.1. The molecule has 26 heavy (non-hydrogen) atoms. The van der Waals surface area contributed by atoms with Crippen LogP contribution in [-0.4, -0.2) is 33.3 Å². The van der Waals surface area contributed by atoms with Gasteiger partial charge in [-0.1, -0.05) is 12.1 Å². The number of carbonyl (C=O) groups excluding carboxylic acids is 1. The van der Waals surface area contributed by atoms with Crippen LogP contribution in [0.2, 0.25) is 0 Å². The van der Waals surface area contributed by atoms with Crippen molar-refractivity contribution in [2.75, 3.05) is 12.4 Å². The number of aromatic nitrogens is 4. The van der Waals surface area contributed by atoms with Crippen molar-refractivity contribution in [2.24, 2.45) is 0 Å². The Morgan fingerprint density at radius 3 is 2.54 bits per heavy atom. The topological polar surface area (TPSA) is 80.7 Å². The molecule has 0 aliphatic carbocycles. The van der Waals surface area contributed by atoms with E-state index in [2.05, 4.69) is 25.3 Å². The fourth-order valence-corrected chi connectivity index (χ4v) is 2.77. The number of pyridine rings is 2. The van der Waals surface area contributed by atoms with Gasteiger partial charge in [0.05, 0.1) is 5.52 Å². The average Bonchev–Trinajstić information content (AvgIpc) is 2.73. The summed E-state index contributed by atoms with van der Waals surface area (Å²) in [6.07, 6.45) is 5.89. The Labute approximate surface area is 150 Å². The number of hydrogen-bond donors (Lipinski definition) is 1. The zero-order chi connectivity index (χ0) is 17.9. The molecule has 126 valence electrons. The van der Waals surface area contributed by atoms with E-state index in [0.29, 0.717) is 11.5 Å². The molecular weight excluding hydrogens is 326 g/mol. The first-order valence-corrected chi connectivity index (χ1v) is 8.10. The summed E-state index contributed by atoms with van der Waals surface area (Å²) < 4.78 is 0. The van der Waals surface area contributed by atoms with Crippen LogP contribution in [0.15, 0.2) is 61.1 Å². The summed E-state index contributed by atoms with van der Waals surface area (Å²) >= 11 is 0. The van der Waals surface area contributed by atoms with Crippen molar-refractivity contribution < 1.29 is 4.79 Å². The minimum Gasteiger partial charge on any atom is -0.373 e. The number of aldehydes is 1. The van der Waals surface area contributed by atoms with Crippen LogP contribution in [0.25, 0.3) is 33.4 Å². The number of hydrogen-bond acceptors (Lipinski definition) is 6. The molecule has 3 aromatic heterocycles. The second-order valence-corrected chi connectivity index (χ2v) is 5.71. The lowest BCUT2D eigenvalue weighted by molar-refractivity contribution is 0.111. The Morgan fingerprint density at radius 1 is 0.962 bits per heavy atom. The van der Waals surface area contributed by atoms with Crippen LogP contribution in [0.4, 0.5) is 5.82 Å². The summed E-state index contributed by atoms with van der Waals surface area (Å²) in [7, 11) is 1.84. The van der Waals surface area contributed by atoms with Gasteiger partial charge in [0.1, 0.15) is 11.5 Å². The van der Waals surface area contributed by atoms with Crippen LogP contribution in [0, 0.1) is 0 Å². The van der Waals surface area contributed by atoms with Crippen LogP contribution in [0.1, 0.15) is 10.5 Å². The van der Waals surface area contributed by atoms with Crippen molar-refractivity contribution in [2.45, 2.75) is 0 Å². The maximum absolute atomic E-state index is 10.8. The van der Waals surface area contributed by atoms with E-state index < -0.39 is 0 Å². The average molecular weight is 341 g/mol. The first-order valence-electron chi connectivity index (χ1n) is 8.10. The maximum Gasteiger partial charge on any atom is 0.168 e. The summed E-state index contributed by atoms with van der Waals surface area (Å²) in [4.78, 5) is 28.3. The van der Waals surface area contributed by atoms with Gasteiger partial charge >= 0.3 is 0 Å². The third-order valence-corrected chi connectivity index (χ3v) is 4.09. The van der Waals surface area contributed by atoms with Gasteiger partial charge < -0.3 is 5.32 Å². The van der Waals surface area contributed by atoms with Gasteiger partial charge in [0.2, 0.25) is 0 Å². The predicted octanol–water partition coefficient (Wildman–Crippen LogP) is 3.61. The van der Waals surface area contributed by atoms with E-state index >= 15 is 0 Å². The van der Waals surface area contributed by atoms with Gasteiger partial charge in [-0.2, -0.15) is 0 Å². The van der Waals surface area contributed by atoms with Crippen LogP contribution >= 0.6 is 0 Å². The number of benzene rings is 1. The van der Waals surface area contributed by atoms with E-state index in [1.165, 1.54) is 0 Å². The molecule has 6 heteroatoms. The summed E-state index contributed by atoms with van der Waals surface area (Å²) in [6, 6.07) is 13.3. The monoisotopic (exact) mass is 341 g/mol. The molecule has 3 heterocycles. The minimum atomic E-state index is 0.412. The molecule has 4 rings (SSSR count). The summed E-state index contributed by atoms with van der Waals surface area (Å²) in [6.45, 7) is 0. The molecule has 4 aromatic rings. The molecule has 1 N–H and O–H groups in total. The number of fused-ring (bicyclic) bond motifs is 1. The third kappa shape index (κ3) is 2.88. The molecule has 0 atom stereocenters. The van der Waals surface area contributed by atoms with Gasteiger partial charge in [-0.15, -0.1) is 0 Å². The standard InChI is InChI=1S/C20H15N5O/c1-21-20-17-9-13(14-4-6-16(12-26)23-11-14)5-7-18(17)24-19(25-20)15-3-2-8-22-10-15/h2-12H,1H3,(H,21,24,25). The van der Waals surface area contributed by atoms with Gasteiger partial charge in [0, 0.05) is 42.2 Å². The molecule has 0 amide bonds. The van der Waals surface area contributed by atoms with E-state index in [-0.39, 0.29) is 0 Å². The largest absolute Gasteiger partial charge is 0.373 e. The molecule has 0 bridgehead atoms. The molecule has 0 spiro atoms. The smallest absolute Gasteiger partial charge is 0.168 e. The molecule has 0 radical (unpaired) electrons. The Balaban J connectivity index is 1.84. The molecule has 0 saturated heterocycles. The second kappa shape index (κ2) is 6.68. The fraction of sp³-hybridized carbons (Fsp3) is 0.0500. The van der Waals surface area contributed by atoms with Crippen LogP contribution in [-0.2, 0) is 0 Å². The number of anilines is 1. The molecule has 0 saturated carbocycles. The van der Waals surface area contributed by atoms with Crippen molar-refractivity contribution in [3.63, 3.8) is 0 Å². The van der Waals surface area contributed by atoms with Crippen LogP contribution < -0.4 is 5.32 Å². The van der Waals surface area contributed by atoms with Gasteiger partial charge in [-0.25, -0.2) is 9.97 Å². The van der Waals surface area contributed by atoms with E-state index in [1.807, 2.05) is 43.4 Å². The van der Waals surface area contributed by atoms with Crippen molar-refractivity contribution >= 4 is 23.0 Å². The van der Waals surface area contributed by atoms with Crippen LogP contribution in [0.5, 0.6) is 0 Å². The first kappa shape index (κ1) is 15.8. The summed E-state index contributed by atoms with van der Waals surface area (Å²) in [5, 5.41) is 4.06. The highest BCUT2D eigenvalue weighted by molar-refractivity contribution is 5.93. The zero-order valence-electron chi connectivity index (χ0n) is 14.0. The number of nitrogens with zero attached hydrogens (tertiary/aromatic N) is 4. The molecule has 0 aliphatic heterocycles. The Kier molecular flexibility index (Phi) is 4.07. The van der Waals surface area contributed by atoms with Crippen molar-refractivity contribution in [1.29, 1.82) is 0 Å². The van der Waals surface area contributed by atoms with E-state index in [4.69, 9.17) is 0 Å². The lowest BCUT2D eigenvalue weighted by Crippen LogP contribution is -1.99. The second-order valence-electron chi connectivity index (χ2n) is 5.71. The molecule has 0 unspecified atom stereocenters. The number of rotatable bonds is 4. The van der Waals surface area contributed by atoms with Crippen molar-refractivity contribution in [3.05, 3.63) is 66.7 Å². The molecule has 6 nitrogen and oxygen atoms in total. The van der Waals surface area contributed by atoms with Gasteiger partial charge in [0.25, 0.3) is 0 Å². The normalized spacial score (nSPS) is 10.7. The van der Waals surface area contributed by atoms with E-state index in [0.717, 1.165) is 39.7 Å². The van der Waals surface area contributed by atoms with Gasteiger partial charge in [-0.05, 0) is 35.9 Å². The number of nitrogens with one attached hydrogen (secondary N) is 1. The first-order chi connectivity index (χ1) is 12.8. The van der Waals surface area contributed by atoms with Gasteiger partial charge in [0.15, 0.2) is 12.1 Å². The molecule has 0 aliphatic rings. The van der Waals surface area contributed by atoms with Gasteiger partial charge in [-0.3, -0.25) is 14.8 Å². The van der Waals surface area contributed by atoms with Crippen LogP contribution in [0.3, 0.4) is 0 Å². The number of carbonyl (C=O) groups is 1. The lowest BCUT2D eigenvalue weighted by Gasteiger charge is -2.10.